The number of carbonyl (C=O) groups excluding carboxylic acids is 1. The van der Waals surface area contributed by atoms with Crippen LogP contribution in [0.15, 0.2) is 65.2 Å². The molecule has 0 bridgehead atoms. The van der Waals surface area contributed by atoms with Crippen molar-refractivity contribution in [3.8, 4) is 11.3 Å². The molecule has 4 rings (SSSR count). The molecule has 0 radical (unpaired) electrons. The van der Waals surface area contributed by atoms with Crippen molar-refractivity contribution in [1.29, 1.82) is 0 Å². The second kappa shape index (κ2) is 7.61. The van der Waals surface area contributed by atoms with Crippen molar-refractivity contribution in [2.45, 2.75) is 6.42 Å². The maximum atomic E-state index is 13.9. The van der Waals surface area contributed by atoms with Gasteiger partial charge in [0.15, 0.2) is 5.76 Å². The summed E-state index contributed by atoms with van der Waals surface area (Å²) in [6, 6.07) is 18.2. The largest absolute Gasteiger partial charge is 0.366 e. The normalized spacial score (nSPS) is 14.4. The zero-order valence-corrected chi connectivity index (χ0v) is 14.8. The lowest BCUT2D eigenvalue weighted by Crippen LogP contribution is -2.49. The minimum atomic E-state index is -0.228. The first-order chi connectivity index (χ1) is 13.2. The van der Waals surface area contributed by atoms with Gasteiger partial charge in [-0.2, -0.15) is 0 Å². The quantitative estimate of drug-likeness (QED) is 0.711. The molecule has 138 valence electrons. The third kappa shape index (κ3) is 3.84. The minimum Gasteiger partial charge on any atom is -0.366 e. The van der Waals surface area contributed by atoms with Gasteiger partial charge in [0.2, 0.25) is 5.91 Å². The summed E-state index contributed by atoms with van der Waals surface area (Å²) < 4.78 is 19.3. The number of rotatable bonds is 4. The second-order valence-electron chi connectivity index (χ2n) is 6.54. The number of carbonyl (C=O) groups is 1. The molecule has 1 fully saturated rings. The summed E-state index contributed by atoms with van der Waals surface area (Å²) in [5.41, 5.74) is 2.14. The summed E-state index contributed by atoms with van der Waals surface area (Å²) in [7, 11) is 0. The molecule has 0 saturated carbocycles. The fourth-order valence-corrected chi connectivity index (χ4v) is 3.31. The molecule has 1 saturated heterocycles. The van der Waals surface area contributed by atoms with Gasteiger partial charge < -0.3 is 14.3 Å². The number of hydrogen-bond acceptors (Lipinski definition) is 4. The highest BCUT2D eigenvalue weighted by atomic mass is 19.1. The Morgan fingerprint density at radius 1 is 1.00 bits per heavy atom. The zero-order valence-electron chi connectivity index (χ0n) is 14.8. The van der Waals surface area contributed by atoms with Crippen molar-refractivity contribution in [1.82, 2.24) is 10.1 Å². The molecule has 0 spiro atoms. The number of aromatic nitrogens is 1. The Balaban J connectivity index is 1.35. The Hall–Kier alpha value is -3.15. The van der Waals surface area contributed by atoms with Crippen LogP contribution in [-0.4, -0.2) is 42.1 Å². The molecule has 1 aliphatic heterocycles. The van der Waals surface area contributed by atoms with Crippen molar-refractivity contribution in [3.63, 3.8) is 0 Å². The number of nitrogens with zero attached hydrogens (tertiary/aromatic N) is 3. The van der Waals surface area contributed by atoms with Crippen LogP contribution >= 0.6 is 0 Å². The fraction of sp³-hybridized carbons (Fsp3) is 0.238. The van der Waals surface area contributed by atoms with Crippen LogP contribution < -0.4 is 4.90 Å². The van der Waals surface area contributed by atoms with Crippen LogP contribution in [0.4, 0.5) is 10.1 Å². The molecular weight excluding hydrogens is 345 g/mol. The third-order valence-corrected chi connectivity index (χ3v) is 4.78. The van der Waals surface area contributed by atoms with E-state index in [1.165, 1.54) is 6.07 Å². The summed E-state index contributed by atoms with van der Waals surface area (Å²) in [5, 5.41) is 4.02. The van der Waals surface area contributed by atoms with E-state index in [1.54, 1.807) is 17.0 Å². The minimum absolute atomic E-state index is 0.0103. The van der Waals surface area contributed by atoms with Gasteiger partial charge in [-0.15, -0.1) is 0 Å². The first-order valence-electron chi connectivity index (χ1n) is 8.99. The summed E-state index contributed by atoms with van der Waals surface area (Å²) in [4.78, 5) is 16.3. The van der Waals surface area contributed by atoms with Crippen molar-refractivity contribution in [3.05, 3.63) is 72.2 Å². The van der Waals surface area contributed by atoms with Gasteiger partial charge in [-0.3, -0.25) is 4.79 Å². The highest BCUT2D eigenvalue weighted by Crippen LogP contribution is 2.22. The van der Waals surface area contributed by atoms with E-state index in [-0.39, 0.29) is 18.1 Å². The van der Waals surface area contributed by atoms with Gasteiger partial charge in [-0.25, -0.2) is 4.39 Å². The molecule has 27 heavy (non-hydrogen) atoms. The van der Waals surface area contributed by atoms with Crippen LogP contribution in [-0.2, 0) is 11.2 Å². The Bertz CT molecular complexity index is 918. The van der Waals surface area contributed by atoms with E-state index in [1.807, 2.05) is 47.4 Å². The maximum Gasteiger partial charge on any atom is 0.228 e. The average molecular weight is 365 g/mol. The van der Waals surface area contributed by atoms with E-state index in [0.717, 1.165) is 5.56 Å². The highest BCUT2D eigenvalue weighted by molar-refractivity contribution is 5.79. The summed E-state index contributed by atoms with van der Waals surface area (Å²) >= 11 is 0. The van der Waals surface area contributed by atoms with E-state index >= 15 is 0 Å². The molecule has 5 nitrogen and oxygen atoms in total. The summed E-state index contributed by atoms with van der Waals surface area (Å²) in [5.74, 6) is 0.437. The fourth-order valence-electron chi connectivity index (χ4n) is 3.31. The molecule has 1 aromatic heterocycles. The number of piperazine rings is 1. The molecule has 1 amide bonds. The van der Waals surface area contributed by atoms with Gasteiger partial charge in [0.1, 0.15) is 5.82 Å². The number of hydrogen-bond donors (Lipinski definition) is 0. The summed E-state index contributed by atoms with van der Waals surface area (Å²) in [6.45, 7) is 2.36. The van der Waals surface area contributed by atoms with Crippen LogP contribution in [0.1, 0.15) is 5.69 Å². The smallest absolute Gasteiger partial charge is 0.228 e. The number of halogens is 1. The number of anilines is 1. The van der Waals surface area contributed by atoms with Gasteiger partial charge in [0.25, 0.3) is 0 Å². The monoisotopic (exact) mass is 365 g/mol. The maximum absolute atomic E-state index is 13.9. The lowest BCUT2D eigenvalue weighted by Gasteiger charge is -2.36. The molecule has 2 aromatic carbocycles. The topological polar surface area (TPSA) is 49.6 Å². The van der Waals surface area contributed by atoms with E-state index in [2.05, 4.69) is 5.16 Å². The van der Waals surface area contributed by atoms with Crippen molar-refractivity contribution in [2.24, 2.45) is 0 Å². The van der Waals surface area contributed by atoms with Crippen molar-refractivity contribution in [2.75, 3.05) is 31.1 Å². The van der Waals surface area contributed by atoms with Gasteiger partial charge in [-0.1, -0.05) is 47.6 Å². The van der Waals surface area contributed by atoms with E-state index in [4.69, 9.17) is 4.52 Å². The molecule has 0 N–H and O–H groups in total. The van der Waals surface area contributed by atoms with Crippen LogP contribution in [0, 0.1) is 5.82 Å². The van der Waals surface area contributed by atoms with Crippen LogP contribution in [0.2, 0.25) is 0 Å². The molecule has 0 aliphatic carbocycles. The Morgan fingerprint density at radius 3 is 2.44 bits per heavy atom. The van der Waals surface area contributed by atoms with Gasteiger partial charge in [0, 0.05) is 37.8 Å². The highest BCUT2D eigenvalue weighted by Gasteiger charge is 2.23. The van der Waals surface area contributed by atoms with Gasteiger partial charge in [-0.05, 0) is 12.1 Å². The first kappa shape index (κ1) is 17.3. The standard InChI is InChI=1S/C21H20FN3O2/c22-18-8-4-5-9-19(18)24-10-12-25(13-11-24)21(26)15-17-14-20(27-23-17)16-6-2-1-3-7-16/h1-9,14H,10-13,15H2. The predicted molar refractivity (Wildman–Crippen MR) is 101 cm³/mol. The van der Waals surface area contributed by atoms with Crippen LogP contribution in [0.3, 0.4) is 0 Å². The zero-order chi connectivity index (χ0) is 18.6. The molecular formula is C21H20FN3O2. The number of benzene rings is 2. The molecule has 0 atom stereocenters. The number of amides is 1. The molecule has 2 heterocycles. The second-order valence-corrected chi connectivity index (χ2v) is 6.54. The molecule has 6 heteroatoms. The van der Waals surface area contributed by atoms with E-state index in [9.17, 15) is 9.18 Å². The molecule has 0 unspecified atom stereocenters. The van der Waals surface area contributed by atoms with Crippen molar-refractivity contribution >= 4 is 11.6 Å². The lowest BCUT2D eigenvalue weighted by atomic mass is 10.1. The van der Waals surface area contributed by atoms with Crippen molar-refractivity contribution < 1.29 is 13.7 Å². The Morgan fingerprint density at radius 2 is 1.70 bits per heavy atom. The van der Waals surface area contributed by atoms with Crippen LogP contribution in [0.25, 0.3) is 11.3 Å². The Kier molecular flexibility index (Phi) is 4.87. The third-order valence-electron chi connectivity index (χ3n) is 4.78. The van der Waals surface area contributed by atoms with E-state index < -0.39 is 0 Å². The van der Waals surface area contributed by atoms with Crippen LogP contribution in [0.5, 0.6) is 0 Å². The number of para-hydroxylation sites is 1. The molecule has 3 aromatic rings. The average Bonchev–Trinajstić information content (AvgIpc) is 3.18. The first-order valence-corrected chi connectivity index (χ1v) is 8.99. The van der Waals surface area contributed by atoms with Gasteiger partial charge >= 0.3 is 0 Å². The molecule has 1 aliphatic rings. The SMILES string of the molecule is O=C(Cc1cc(-c2ccccc2)on1)N1CCN(c2ccccc2F)CC1. The van der Waals surface area contributed by atoms with E-state index in [0.29, 0.717) is 43.3 Å². The predicted octanol–water partition coefficient (Wildman–Crippen LogP) is 3.37. The summed E-state index contributed by atoms with van der Waals surface area (Å²) in [6.07, 6.45) is 0.204. The lowest BCUT2D eigenvalue weighted by molar-refractivity contribution is -0.130. The Labute approximate surface area is 157 Å². The van der Waals surface area contributed by atoms with Gasteiger partial charge in [0.05, 0.1) is 17.8 Å².